The van der Waals surface area contributed by atoms with Crippen LogP contribution in [0.5, 0.6) is 0 Å². The molecule has 0 aliphatic rings. The van der Waals surface area contributed by atoms with Gasteiger partial charge in [-0.3, -0.25) is 4.79 Å². The summed E-state index contributed by atoms with van der Waals surface area (Å²) >= 11 is 1.60. The molecule has 2 aromatic rings. The van der Waals surface area contributed by atoms with Crippen LogP contribution in [0.4, 0.5) is 0 Å². The highest BCUT2D eigenvalue weighted by molar-refractivity contribution is 7.10. The summed E-state index contributed by atoms with van der Waals surface area (Å²) in [6.07, 6.45) is 2.83. The number of hydrogen-bond acceptors (Lipinski definition) is 3. The van der Waals surface area contributed by atoms with Gasteiger partial charge in [0, 0.05) is 17.3 Å². The molecule has 0 spiro atoms. The van der Waals surface area contributed by atoms with Crippen molar-refractivity contribution in [3.8, 4) is 0 Å². The third-order valence-corrected chi connectivity index (χ3v) is 3.29. The molecule has 1 N–H and O–H groups in total. The van der Waals surface area contributed by atoms with Crippen LogP contribution in [0.1, 0.15) is 17.6 Å². The Hall–Kier alpha value is -1.55. The molecule has 0 fully saturated rings. The van der Waals surface area contributed by atoms with E-state index in [2.05, 4.69) is 5.32 Å². The van der Waals surface area contributed by atoms with E-state index in [4.69, 9.17) is 4.42 Å². The fourth-order valence-electron chi connectivity index (χ4n) is 1.68. The van der Waals surface area contributed by atoms with E-state index in [1.54, 1.807) is 17.6 Å². The molecule has 3 nitrogen and oxygen atoms in total. The first kappa shape index (κ1) is 11.9. The molecule has 1 atom stereocenters. The second kappa shape index (κ2) is 5.68. The second-order valence-corrected chi connectivity index (χ2v) is 5.04. The largest absolute Gasteiger partial charge is 0.469 e. The fraction of sp³-hybridized carbons (Fsp3) is 0.308. The van der Waals surface area contributed by atoms with Crippen LogP contribution in [0.2, 0.25) is 0 Å². The number of thiophene rings is 1. The highest BCUT2D eigenvalue weighted by Gasteiger charge is 2.10. The third kappa shape index (κ3) is 3.75. The summed E-state index contributed by atoms with van der Waals surface area (Å²) in [5.41, 5.74) is 0. The Balaban J connectivity index is 1.78. The van der Waals surface area contributed by atoms with Gasteiger partial charge in [-0.05, 0) is 30.5 Å². The maximum Gasteiger partial charge on any atom is 0.225 e. The first-order chi connectivity index (χ1) is 8.24. The van der Waals surface area contributed by atoms with Crippen LogP contribution in [-0.2, 0) is 17.6 Å². The zero-order valence-corrected chi connectivity index (χ0v) is 10.5. The Labute approximate surface area is 104 Å². The SMILES string of the molecule is C[C@@H](Cc1ccco1)NC(=O)Cc1cccs1. The lowest BCUT2D eigenvalue weighted by molar-refractivity contribution is -0.121. The molecular formula is C13H15NO2S. The number of carbonyl (C=O) groups is 1. The van der Waals surface area contributed by atoms with Gasteiger partial charge in [0.25, 0.3) is 0 Å². The number of furan rings is 1. The number of hydrogen-bond donors (Lipinski definition) is 1. The van der Waals surface area contributed by atoms with Crippen LogP contribution < -0.4 is 5.32 Å². The van der Waals surface area contributed by atoms with E-state index in [-0.39, 0.29) is 11.9 Å². The van der Waals surface area contributed by atoms with Gasteiger partial charge in [0.15, 0.2) is 0 Å². The van der Waals surface area contributed by atoms with E-state index in [0.29, 0.717) is 6.42 Å². The Morgan fingerprint density at radius 1 is 1.47 bits per heavy atom. The van der Waals surface area contributed by atoms with Crippen LogP contribution in [-0.4, -0.2) is 11.9 Å². The van der Waals surface area contributed by atoms with Crippen LogP contribution in [0.3, 0.4) is 0 Å². The van der Waals surface area contributed by atoms with E-state index in [1.165, 1.54) is 0 Å². The smallest absolute Gasteiger partial charge is 0.225 e. The van der Waals surface area contributed by atoms with Gasteiger partial charge in [0.05, 0.1) is 12.7 Å². The number of amides is 1. The quantitative estimate of drug-likeness (QED) is 0.885. The maximum atomic E-state index is 11.7. The van der Waals surface area contributed by atoms with E-state index < -0.39 is 0 Å². The highest BCUT2D eigenvalue weighted by atomic mass is 32.1. The Morgan fingerprint density at radius 3 is 3.00 bits per heavy atom. The van der Waals surface area contributed by atoms with Gasteiger partial charge in [-0.25, -0.2) is 0 Å². The Bertz CT molecular complexity index is 448. The summed E-state index contributed by atoms with van der Waals surface area (Å²) in [6.45, 7) is 1.98. The topological polar surface area (TPSA) is 42.2 Å². The van der Waals surface area contributed by atoms with Crippen molar-refractivity contribution in [2.45, 2.75) is 25.8 Å². The van der Waals surface area contributed by atoms with Crippen molar-refractivity contribution in [2.24, 2.45) is 0 Å². The summed E-state index contributed by atoms with van der Waals surface area (Å²) in [5.74, 6) is 0.959. The van der Waals surface area contributed by atoms with Crippen molar-refractivity contribution in [3.05, 3.63) is 46.5 Å². The summed E-state index contributed by atoms with van der Waals surface area (Å²) < 4.78 is 5.24. The molecule has 0 aliphatic carbocycles. The van der Waals surface area contributed by atoms with Crippen molar-refractivity contribution in [1.29, 1.82) is 0 Å². The molecular weight excluding hydrogens is 234 g/mol. The predicted octanol–water partition coefficient (Wildman–Crippen LogP) is 2.63. The summed E-state index contributed by atoms with van der Waals surface area (Å²) in [5, 5.41) is 4.95. The predicted molar refractivity (Wildman–Crippen MR) is 68.0 cm³/mol. The molecule has 90 valence electrons. The zero-order valence-electron chi connectivity index (χ0n) is 9.68. The average molecular weight is 249 g/mol. The van der Waals surface area contributed by atoms with Gasteiger partial charge < -0.3 is 9.73 Å². The van der Waals surface area contributed by atoms with Crippen molar-refractivity contribution in [2.75, 3.05) is 0 Å². The average Bonchev–Trinajstić information content (AvgIpc) is 2.90. The van der Waals surface area contributed by atoms with E-state index >= 15 is 0 Å². The molecule has 0 bridgehead atoms. The summed E-state index contributed by atoms with van der Waals surface area (Å²) in [6, 6.07) is 7.80. The molecule has 4 heteroatoms. The molecule has 2 rings (SSSR count). The monoisotopic (exact) mass is 249 g/mol. The Morgan fingerprint density at radius 2 is 2.35 bits per heavy atom. The van der Waals surface area contributed by atoms with Gasteiger partial charge >= 0.3 is 0 Å². The Kier molecular flexibility index (Phi) is 3.98. The third-order valence-electron chi connectivity index (χ3n) is 2.41. The van der Waals surface area contributed by atoms with Gasteiger partial charge in [-0.1, -0.05) is 6.07 Å². The van der Waals surface area contributed by atoms with E-state index in [1.807, 2.05) is 36.6 Å². The lowest BCUT2D eigenvalue weighted by Crippen LogP contribution is -2.34. The molecule has 0 unspecified atom stereocenters. The minimum atomic E-state index is 0.0616. The normalized spacial score (nSPS) is 12.3. The fourth-order valence-corrected chi connectivity index (χ4v) is 2.38. The second-order valence-electron chi connectivity index (χ2n) is 4.01. The molecule has 0 saturated heterocycles. The molecule has 0 saturated carbocycles. The van der Waals surface area contributed by atoms with Gasteiger partial charge in [0.2, 0.25) is 5.91 Å². The van der Waals surface area contributed by atoms with Crippen molar-refractivity contribution in [1.82, 2.24) is 5.32 Å². The summed E-state index contributed by atoms with van der Waals surface area (Å²) in [7, 11) is 0. The van der Waals surface area contributed by atoms with Gasteiger partial charge in [0.1, 0.15) is 5.76 Å². The number of rotatable bonds is 5. The lowest BCUT2D eigenvalue weighted by atomic mass is 10.2. The van der Waals surface area contributed by atoms with Crippen LogP contribution >= 0.6 is 11.3 Å². The highest BCUT2D eigenvalue weighted by Crippen LogP contribution is 2.09. The molecule has 0 radical (unpaired) electrons. The number of nitrogens with one attached hydrogen (secondary N) is 1. The van der Waals surface area contributed by atoms with Crippen LogP contribution in [0.25, 0.3) is 0 Å². The minimum Gasteiger partial charge on any atom is -0.469 e. The minimum absolute atomic E-state index is 0.0616. The number of carbonyl (C=O) groups excluding carboxylic acids is 1. The molecule has 17 heavy (non-hydrogen) atoms. The standard InChI is InChI=1S/C13H15NO2S/c1-10(8-11-4-2-6-16-11)14-13(15)9-12-5-3-7-17-12/h2-7,10H,8-9H2,1H3,(H,14,15)/t10-/m0/s1. The van der Waals surface area contributed by atoms with Crippen LogP contribution in [0, 0.1) is 0 Å². The van der Waals surface area contributed by atoms with Gasteiger partial charge in [-0.2, -0.15) is 0 Å². The van der Waals surface area contributed by atoms with Crippen molar-refractivity contribution >= 4 is 17.2 Å². The molecule has 2 aromatic heterocycles. The lowest BCUT2D eigenvalue weighted by Gasteiger charge is -2.11. The van der Waals surface area contributed by atoms with E-state index in [9.17, 15) is 4.79 Å². The van der Waals surface area contributed by atoms with Crippen molar-refractivity contribution < 1.29 is 9.21 Å². The first-order valence-electron chi connectivity index (χ1n) is 5.58. The molecule has 1 amide bonds. The van der Waals surface area contributed by atoms with E-state index in [0.717, 1.165) is 17.1 Å². The van der Waals surface area contributed by atoms with Crippen molar-refractivity contribution in [3.63, 3.8) is 0 Å². The zero-order chi connectivity index (χ0) is 12.1. The molecule has 0 aliphatic heterocycles. The summed E-state index contributed by atoms with van der Waals surface area (Å²) in [4.78, 5) is 12.8. The first-order valence-corrected chi connectivity index (χ1v) is 6.46. The van der Waals surface area contributed by atoms with Crippen LogP contribution in [0.15, 0.2) is 40.3 Å². The molecule has 0 aromatic carbocycles. The maximum absolute atomic E-state index is 11.7. The molecule has 2 heterocycles. The van der Waals surface area contributed by atoms with Gasteiger partial charge in [-0.15, -0.1) is 11.3 Å².